The van der Waals surface area contributed by atoms with Crippen LogP contribution in [0.5, 0.6) is 0 Å². The van der Waals surface area contributed by atoms with Gasteiger partial charge in [0, 0.05) is 24.8 Å². The van der Waals surface area contributed by atoms with Crippen LogP contribution in [-0.2, 0) is 28.7 Å². The minimum atomic E-state index is -4.50. The van der Waals surface area contributed by atoms with Crippen molar-refractivity contribution in [1.82, 2.24) is 19.9 Å². The highest BCUT2D eigenvalue weighted by atomic mass is 19.4. The van der Waals surface area contributed by atoms with Gasteiger partial charge in [-0.1, -0.05) is 25.1 Å². The Morgan fingerprint density at radius 1 is 1.19 bits per heavy atom. The third-order valence-corrected chi connectivity index (χ3v) is 5.38. The number of hydrogen-bond donors (Lipinski definition) is 1. The predicted molar refractivity (Wildman–Crippen MR) is 106 cm³/mol. The number of fused-ring (bicyclic) bond motifs is 1. The fraction of sp³-hybridized carbons (Fsp3) is 0.333. The van der Waals surface area contributed by atoms with Gasteiger partial charge in [-0.2, -0.15) is 13.2 Å². The molecule has 4 rings (SSSR count). The molecule has 1 aliphatic rings. The summed E-state index contributed by atoms with van der Waals surface area (Å²) in [6, 6.07) is 9.71. The van der Waals surface area contributed by atoms with E-state index in [-0.39, 0.29) is 42.8 Å². The van der Waals surface area contributed by atoms with Crippen molar-refractivity contribution < 1.29 is 22.8 Å². The number of carbonyl (C=O) groups excluding carboxylic acids is 2. The first-order valence-corrected chi connectivity index (χ1v) is 9.84. The van der Waals surface area contributed by atoms with Gasteiger partial charge >= 0.3 is 6.18 Å². The lowest BCUT2D eigenvalue weighted by Gasteiger charge is -2.19. The summed E-state index contributed by atoms with van der Waals surface area (Å²) in [5.41, 5.74) is 1.23. The summed E-state index contributed by atoms with van der Waals surface area (Å²) >= 11 is 0. The number of halogens is 3. The molecule has 2 aromatic heterocycles. The van der Waals surface area contributed by atoms with Crippen LogP contribution in [0.1, 0.15) is 30.3 Å². The molecule has 1 N–H and O–H groups in total. The van der Waals surface area contributed by atoms with Crippen LogP contribution >= 0.6 is 0 Å². The summed E-state index contributed by atoms with van der Waals surface area (Å²) in [7, 11) is 0. The average Bonchev–Trinajstić information content (AvgIpc) is 3.34. The van der Waals surface area contributed by atoms with Gasteiger partial charge in [-0.05, 0) is 30.2 Å². The van der Waals surface area contributed by atoms with Crippen LogP contribution in [0.4, 0.5) is 18.9 Å². The van der Waals surface area contributed by atoms with Gasteiger partial charge in [0.05, 0.1) is 18.0 Å². The van der Waals surface area contributed by atoms with E-state index in [1.165, 1.54) is 10.5 Å². The summed E-state index contributed by atoms with van der Waals surface area (Å²) in [6.07, 6.45) is -2.76. The highest BCUT2D eigenvalue weighted by molar-refractivity contribution is 6.00. The van der Waals surface area contributed by atoms with Gasteiger partial charge in [0.1, 0.15) is 0 Å². The Kier molecular flexibility index (Phi) is 5.38. The van der Waals surface area contributed by atoms with E-state index in [0.29, 0.717) is 0 Å². The largest absolute Gasteiger partial charge is 0.417 e. The molecule has 0 spiro atoms. The standard InChI is InChI=1S/C21H20F3N5O2/c1-2-13-5-3-4-6-16(13)28-11-14(9-19(28)30)20(31)25-10-18-27-26-17-8-7-15(12-29(17)18)21(22,23)24/h3-8,12,14H,2,9-11H2,1H3,(H,25,31). The van der Waals surface area contributed by atoms with Crippen molar-refractivity contribution >= 4 is 23.1 Å². The van der Waals surface area contributed by atoms with Crippen LogP contribution < -0.4 is 10.2 Å². The molecule has 1 aromatic carbocycles. The zero-order valence-electron chi connectivity index (χ0n) is 16.7. The van der Waals surface area contributed by atoms with Gasteiger partial charge in [-0.25, -0.2) is 0 Å². The molecule has 162 valence electrons. The second-order valence-corrected chi connectivity index (χ2v) is 7.37. The Balaban J connectivity index is 1.45. The van der Waals surface area contributed by atoms with Gasteiger partial charge in [-0.3, -0.25) is 14.0 Å². The molecule has 3 heterocycles. The molecule has 0 radical (unpaired) electrons. The monoisotopic (exact) mass is 431 g/mol. The van der Waals surface area contributed by atoms with Crippen molar-refractivity contribution in [2.75, 3.05) is 11.4 Å². The molecule has 3 aromatic rings. The number of pyridine rings is 1. The molecule has 1 aliphatic heterocycles. The van der Waals surface area contributed by atoms with Crippen molar-refractivity contribution in [2.24, 2.45) is 5.92 Å². The Hall–Kier alpha value is -3.43. The van der Waals surface area contributed by atoms with Crippen molar-refractivity contribution in [2.45, 2.75) is 32.5 Å². The normalized spacial score (nSPS) is 16.8. The number of hydrogen-bond acceptors (Lipinski definition) is 4. The number of anilines is 1. The number of aromatic nitrogens is 3. The molecule has 1 saturated heterocycles. The second-order valence-electron chi connectivity index (χ2n) is 7.37. The van der Waals surface area contributed by atoms with E-state index in [2.05, 4.69) is 15.5 Å². The van der Waals surface area contributed by atoms with Gasteiger partial charge in [-0.15, -0.1) is 10.2 Å². The average molecular weight is 431 g/mol. The quantitative estimate of drug-likeness (QED) is 0.674. The maximum absolute atomic E-state index is 13.0. The third kappa shape index (κ3) is 4.10. The van der Waals surface area contributed by atoms with E-state index in [1.54, 1.807) is 4.90 Å². The molecule has 10 heteroatoms. The minimum Gasteiger partial charge on any atom is -0.348 e. The van der Waals surface area contributed by atoms with Gasteiger partial charge in [0.25, 0.3) is 0 Å². The molecule has 1 fully saturated rings. The zero-order valence-corrected chi connectivity index (χ0v) is 16.7. The van der Waals surface area contributed by atoms with Gasteiger partial charge in [0.15, 0.2) is 11.5 Å². The predicted octanol–water partition coefficient (Wildman–Crippen LogP) is 2.98. The van der Waals surface area contributed by atoms with Crippen molar-refractivity contribution in [1.29, 1.82) is 0 Å². The van der Waals surface area contributed by atoms with Crippen LogP contribution in [0.15, 0.2) is 42.6 Å². The number of carbonyl (C=O) groups is 2. The Labute approximate surface area is 175 Å². The van der Waals surface area contributed by atoms with E-state index in [9.17, 15) is 22.8 Å². The fourth-order valence-corrected chi connectivity index (χ4v) is 3.73. The lowest BCUT2D eigenvalue weighted by atomic mass is 10.1. The summed E-state index contributed by atoms with van der Waals surface area (Å²) < 4.78 is 40.1. The van der Waals surface area contributed by atoms with Crippen molar-refractivity contribution in [3.05, 3.63) is 59.5 Å². The van der Waals surface area contributed by atoms with E-state index >= 15 is 0 Å². The van der Waals surface area contributed by atoms with E-state index < -0.39 is 17.7 Å². The summed E-state index contributed by atoms with van der Waals surface area (Å²) in [5, 5.41) is 10.4. The number of aryl methyl sites for hydroxylation is 1. The molecule has 1 atom stereocenters. The number of para-hydroxylation sites is 1. The highest BCUT2D eigenvalue weighted by Gasteiger charge is 2.36. The highest BCUT2D eigenvalue weighted by Crippen LogP contribution is 2.30. The van der Waals surface area contributed by atoms with Crippen LogP contribution in [0.3, 0.4) is 0 Å². The molecule has 0 aliphatic carbocycles. The molecular weight excluding hydrogens is 411 g/mol. The molecule has 7 nitrogen and oxygen atoms in total. The molecule has 2 amide bonds. The maximum atomic E-state index is 13.0. The molecular formula is C21H20F3N5O2. The molecule has 31 heavy (non-hydrogen) atoms. The summed E-state index contributed by atoms with van der Waals surface area (Å²) in [4.78, 5) is 26.8. The van der Waals surface area contributed by atoms with Crippen molar-refractivity contribution in [3.63, 3.8) is 0 Å². The number of alkyl halides is 3. The van der Waals surface area contributed by atoms with Crippen LogP contribution in [0.25, 0.3) is 5.65 Å². The lowest BCUT2D eigenvalue weighted by Crippen LogP contribution is -2.33. The topological polar surface area (TPSA) is 79.6 Å². The lowest BCUT2D eigenvalue weighted by molar-refractivity contribution is -0.138. The van der Waals surface area contributed by atoms with E-state index in [4.69, 9.17) is 0 Å². The SMILES string of the molecule is CCc1ccccc1N1CC(C(=O)NCc2nnc3ccc(C(F)(F)F)cn23)CC1=O. The van der Waals surface area contributed by atoms with Crippen LogP contribution in [0, 0.1) is 5.92 Å². The first kappa shape index (κ1) is 20.8. The number of rotatable bonds is 5. The van der Waals surface area contributed by atoms with Crippen LogP contribution in [-0.4, -0.2) is 33.0 Å². The zero-order chi connectivity index (χ0) is 22.2. The smallest absolute Gasteiger partial charge is 0.348 e. The van der Waals surface area contributed by atoms with E-state index in [1.807, 2.05) is 31.2 Å². The number of nitrogens with one attached hydrogen (secondary N) is 1. The molecule has 0 bridgehead atoms. The Bertz CT molecular complexity index is 1140. The second kappa shape index (κ2) is 8.01. The molecule has 1 unspecified atom stereocenters. The summed E-state index contributed by atoms with van der Waals surface area (Å²) in [5.74, 6) is -0.869. The molecule has 0 saturated carbocycles. The minimum absolute atomic E-state index is 0.0721. The fourth-order valence-electron chi connectivity index (χ4n) is 3.73. The number of benzene rings is 1. The first-order valence-electron chi connectivity index (χ1n) is 9.84. The Morgan fingerprint density at radius 3 is 2.71 bits per heavy atom. The first-order chi connectivity index (χ1) is 14.8. The summed E-state index contributed by atoms with van der Waals surface area (Å²) in [6.45, 7) is 2.15. The third-order valence-electron chi connectivity index (χ3n) is 5.38. The maximum Gasteiger partial charge on any atom is 0.417 e. The van der Waals surface area contributed by atoms with Gasteiger partial charge < -0.3 is 10.2 Å². The Morgan fingerprint density at radius 2 is 1.97 bits per heavy atom. The number of amides is 2. The number of nitrogens with zero attached hydrogens (tertiary/aromatic N) is 4. The van der Waals surface area contributed by atoms with Crippen molar-refractivity contribution in [3.8, 4) is 0 Å². The van der Waals surface area contributed by atoms with Crippen LogP contribution in [0.2, 0.25) is 0 Å². The van der Waals surface area contributed by atoms with E-state index in [0.717, 1.165) is 29.9 Å². The van der Waals surface area contributed by atoms with Gasteiger partial charge in [0.2, 0.25) is 11.8 Å².